The highest BCUT2D eigenvalue weighted by molar-refractivity contribution is 5.92. The summed E-state index contributed by atoms with van der Waals surface area (Å²) in [5, 5.41) is 0. The highest BCUT2D eigenvalue weighted by Crippen LogP contribution is 2.33. The van der Waals surface area contributed by atoms with Crippen molar-refractivity contribution in [2.24, 2.45) is 0 Å². The normalized spacial score (nSPS) is 18.3. The van der Waals surface area contributed by atoms with E-state index < -0.39 is 0 Å². The number of anilines is 1. The Bertz CT molecular complexity index is 1160. The zero-order valence-electron chi connectivity index (χ0n) is 19.7. The van der Waals surface area contributed by atoms with Gasteiger partial charge in [-0.05, 0) is 45.1 Å². The van der Waals surface area contributed by atoms with E-state index >= 15 is 0 Å². The maximum Gasteiger partial charge on any atom is 0.291 e. The summed E-state index contributed by atoms with van der Waals surface area (Å²) in [6, 6.07) is 10.6. The van der Waals surface area contributed by atoms with Gasteiger partial charge < -0.3 is 14.2 Å². The van der Waals surface area contributed by atoms with Crippen LogP contribution < -0.4 is 4.90 Å². The van der Waals surface area contributed by atoms with Crippen LogP contribution in [0.3, 0.4) is 0 Å². The molecule has 0 N–H and O–H groups in total. The maximum absolute atomic E-state index is 13.1. The van der Waals surface area contributed by atoms with Gasteiger partial charge in [0, 0.05) is 50.3 Å². The SMILES string of the molecule is Cc1nc(C)c(C(=O)N2CCC[C@@H](c3nc(C)c4c(n3)N(Cc3ccccc3)CCC4)C2)o1. The molecule has 0 bridgehead atoms. The summed E-state index contributed by atoms with van der Waals surface area (Å²) in [6.07, 6.45) is 4.04. The van der Waals surface area contributed by atoms with Crippen molar-refractivity contribution in [1.82, 2.24) is 19.9 Å². The number of oxazole rings is 1. The molecule has 1 saturated heterocycles. The van der Waals surface area contributed by atoms with Gasteiger partial charge in [-0.25, -0.2) is 15.0 Å². The highest BCUT2D eigenvalue weighted by Gasteiger charge is 2.31. The molecule has 5 rings (SSSR count). The van der Waals surface area contributed by atoms with Gasteiger partial charge in [-0.3, -0.25) is 4.79 Å². The topological polar surface area (TPSA) is 75.4 Å². The molecule has 2 aliphatic heterocycles. The number of aryl methyl sites for hydroxylation is 3. The Kier molecular flexibility index (Phi) is 5.87. The summed E-state index contributed by atoms with van der Waals surface area (Å²) in [4.78, 5) is 31.7. The number of hydrogen-bond donors (Lipinski definition) is 0. The standard InChI is InChI=1S/C26H31N5O2/c1-17-22-12-8-13-30(15-20-9-5-4-6-10-20)25(22)29-24(28-17)21-11-7-14-31(16-21)26(32)23-18(2)27-19(3)33-23/h4-6,9-10,21H,7-8,11-16H2,1-3H3/t21-/m1/s1. The first-order valence-corrected chi connectivity index (χ1v) is 11.9. The average molecular weight is 446 g/mol. The molecule has 33 heavy (non-hydrogen) atoms. The molecular formula is C26H31N5O2. The second-order valence-corrected chi connectivity index (χ2v) is 9.22. The molecule has 0 spiro atoms. The minimum absolute atomic E-state index is 0.0850. The number of carbonyl (C=O) groups is 1. The third-order valence-corrected chi connectivity index (χ3v) is 6.75. The molecule has 1 atom stereocenters. The zero-order chi connectivity index (χ0) is 22.9. The monoisotopic (exact) mass is 445 g/mol. The number of hydrogen-bond acceptors (Lipinski definition) is 6. The van der Waals surface area contributed by atoms with Crippen molar-refractivity contribution in [2.75, 3.05) is 24.5 Å². The summed E-state index contributed by atoms with van der Waals surface area (Å²) in [6.45, 7) is 8.87. The second kappa shape index (κ2) is 8.96. The van der Waals surface area contributed by atoms with Crippen LogP contribution >= 0.6 is 0 Å². The number of piperidine rings is 1. The molecule has 0 unspecified atom stereocenters. The van der Waals surface area contributed by atoms with Crippen LogP contribution in [-0.4, -0.2) is 45.4 Å². The smallest absolute Gasteiger partial charge is 0.291 e. The first-order valence-electron chi connectivity index (χ1n) is 11.9. The van der Waals surface area contributed by atoms with E-state index in [1.54, 1.807) is 6.92 Å². The summed E-state index contributed by atoms with van der Waals surface area (Å²) in [5.74, 6) is 2.84. The van der Waals surface area contributed by atoms with E-state index in [1.165, 1.54) is 11.1 Å². The van der Waals surface area contributed by atoms with Crippen molar-refractivity contribution < 1.29 is 9.21 Å². The van der Waals surface area contributed by atoms with Crippen molar-refractivity contribution in [1.29, 1.82) is 0 Å². The number of rotatable bonds is 4. The largest absolute Gasteiger partial charge is 0.436 e. The van der Waals surface area contributed by atoms with Crippen LogP contribution in [0.25, 0.3) is 0 Å². The first kappa shape index (κ1) is 21.6. The lowest BCUT2D eigenvalue weighted by Crippen LogP contribution is -2.40. The third kappa shape index (κ3) is 4.36. The van der Waals surface area contributed by atoms with Crippen LogP contribution in [0.4, 0.5) is 5.82 Å². The van der Waals surface area contributed by atoms with Gasteiger partial charge in [0.05, 0.1) is 5.69 Å². The summed E-state index contributed by atoms with van der Waals surface area (Å²) < 4.78 is 5.59. The molecule has 1 aromatic carbocycles. The summed E-state index contributed by atoms with van der Waals surface area (Å²) in [7, 11) is 0. The van der Waals surface area contributed by atoms with Gasteiger partial charge in [0.2, 0.25) is 5.76 Å². The second-order valence-electron chi connectivity index (χ2n) is 9.22. The van der Waals surface area contributed by atoms with Crippen LogP contribution in [0.2, 0.25) is 0 Å². The van der Waals surface area contributed by atoms with E-state index in [0.29, 0.717) is 23.9 Å². The molecule has 2 aromatic heterocycles. The number of aromatic nitrogens is 3. The Labute approximate surface area is 194 Å². The number of fused-ring (bicyclic) bond motifs is 1. The molecule has 1 amide bonds. The van der Waals surface area contributed by atoms with Gasteiger partial charge in [0.15, 0.2) is 5.89 Å². The Morgan fingerprint density at radius 2 is 1.85 bits per heavy atom. The van der Waals surface area contributed by atoms with Crippen molar-refractivity contribution in [3.05, 3.63) is 70.3 Å². The Balaban J connectivity index is 1.40. The lowest BCUT2D eigenvalue weighted by Gasteiger charge is -2.34. The molecule has 2 aliphatic rings. The van der Waals surface area contributed by atoms with Crippen molar-refractivity contribution in [3.63, 3.8) is 0 Å². The number of benzene rings is 1. The van der Waals surface area contributed by atoms with Gasteiger partial charge in [-0.2, -0.15) is 0 Å². The molecule has 1 fully saturated rings. The molecular weight excluding hydrogens is 414 g/mol. The molecule has 0 aliphatic carbocycles. The predicted octanol–water partition coefficient (Wildman–Crippen LogP) is 4.36. The number of nitrogens with zero attached hydrogens (tertiary/aromatic N) is 5. The fourth-order valence-corrected chi connectivity index (χ4v) is 5.09. The van der Waals surface area contributed by atoms with Crippen LogP contribution in [0.1, 0.15) is 70.0 Å². The summed E-state index contributed by atoms with van der Waals surface area (Å²) >= 11 is 0. The van der Waals surface area contributed by atoms with Crippen LogP contribution in [0, 0.1) is 20.8 Å². The maximum atomic E-state index is 13.1. The molecule has 0 saturated carbocycles. The fourth-order valence-electron chi connectivity index (χ4n) is 5.09. The highest BCUT2D eigenvalue weighted by atomic mass is 16.4. The Hall–Kier alpha value is -3.22. The average Bonchev–Trinajstić information content (AvgIpc) is 3.17. The van der Waals surface area contributed by atoms with Crippen LogP contribution in [-0.2, 0) is 13.0 Å². The minimum atomic E-state index is -0.0850. The van der Waals surface area contributed by atoms with Crippen molar-refractivity contribution in [3.8, 4) is 0 Å². The zero-order valence-corrected chi connectivity index (χ0v) is 19.7. The predicted molar refractivity (Wildman–Crippen MR) is 126 cm³/mol. The lowest BCUT2D eigenvalue weighted by molar-refractivity contribution is 0.0670. The van der Waals surface area contributed by atoms with E-state index in [1.807, 2.05) is 11.8 Å². The van der Waals surface area contributed by atoms with E-state index in [-0.39, 0.29) is 11.8 Å². The third-order valence-electron chi connectivity index (χ3n) is 6.75. The molecule has 7 heteroatoms. The van der Waals surface area contributed by atoms with E-state index in [9.17, 15) is 4.79 Å². The molecule has 0 radical (unpaired) electrons. The van der Waals surface area contributed by atoms with Gasteiger partial charge in [0.25, 0.3) is 5.91 Å². The summed E-state index contributed by atoms with van der Waals surface area (Å²) in [5.41, 5.74) is 4.27. The number of carbonyl (C=O) groups excluding carboxylic acids is 1. The van der Waals surface area contributed by atoms with Gasteiger partial charge in [0.1, 0.15) is 11.6 Å². The molecule has 4 heterocycles. The molecule has 3 aromatic rings. The molecule has 172 valence electrons. The Morgan fingerprint density at radius 1 is 1.03 bits per heavy atom. The van der Waals surface area contributed by atoms with E-state index in [0.717, 1.165) is 62.7 Å². The quantitative estimate of drug-likeness (QED) is 0.594. The van der Waals surface area contributed by atoms with Gasteiger partial charge in [-0.1, -0.05) is 30.3 Å². The molecule has 7 nitrogen and oxygen atoms in total. The lowest BCUT2D eigenvalue weighted by atomic mass is 9.95. The van der Waals surface area contributed by atoms with E-state index in [4.69, 9.17) is 14.4 Å². The minimum Gasteiger partial charge on any atom is -0.436 e. The first-order chi connectivity index (χ1) is 16.0. The fraction of sp³-hybridized carbons (Fsp3) is 0.462. The van der Waals surface area contributed by atoms with Crippen molar-refractivity contribution in [2.45, 2.75) is 58.9 Å². The van der Waals surface area contributed by atoms with Gasteiger partial charge in [-0.15, -0.1) is 0 Å². The van der Waals surface area contributed by atoms with Crippen molar-refractivity contribution >= 4 is 11.7 Å². The number of likely N-dealkylation sites (tertiary alicyclic amines) is 1. The number of amides is 1. The van der Waals surface area contributed by atoms with E-state index in [2.05, 4.69) is 47.1 Å². The Morgan fingerprint density at radius 3 is 2.61 bits per heavy atom. The van der Waals surface area contributed by atoms with Crippen LogP contribution in [0.15, 0.2) is 34.7 Å². The van der Waals surface area contributed by atoms with Gasteiger partial charge >= 0.3 is 0 Å². The van der Waals surface area contributed by atoms with Crippen LogP contribution in [0.5, 0.6) is 0 Å².